The van der Waals surface area contributed by atoms with Gasteiger partial charge in [-0.25, -0.2) is 0 Å². The molecule has 0 spiro atoms. The first-order valence-corrected chi connectivity index (χ1v) is 9.50. The highest BCUT2D eigenvalue weighted by Crippen LogP contribution is 2.34. The van der Waals surface area contributed by atoms with E-state index in [0.717, 1.165) is 13.1 Å². The molecule has 26 heavy (non-hydrogen) atoms. The van der Waals surface area contributed by atoms with E-state index in [0.29, 0.717) is 34.1 Å². The second-order valence-corrected chi connectivity index (χ2v) is 7.52. The van der Waals surface area contributed by atoms with Crippen molar-refractivity contribution >= 4 is 34.8 Å². The van der Waals surface area contributed by atoms with Crippen molar-refractivity contribution in [2.24, 2.45) is 11.7 Å². The topological polar surface area (TPSA) is 58.4 Å². The molecule has 3 atom stereocenters. The van der Waals surface area contributed by atoms with Crippen LogP contribution < -0.4 is 11.1 Å². The second-order valence-electron chi connectivity index (χ2n) is 6.73. The number of nitrogens with two attached hydrogens (primary N) is 1. The predicted octanol–water partition coefficient (Wildman–Crippen LogP) is 3.99. The zero-order chi connectivity index (χ0) is 18.7. The first kappa shape index (κ1) is 19.2. The minimum absolute atomic E-state index is 0.0985. The number of benzene rings is 2. The van der Waals surface area contributed by atoms with Gasteiger partial charge in [0.05, 0.1) is 21.8 Å². The molecule has 1 amide bonds. The number of likely N-dealkylation sites (tertiary alicyclic amines) is 1. The highest BCUT2D eigenvalue weighted by molar-refractivity contribution is 6.44. The average molecular weight is 392 g/mol. The zero-order valence-electron chi connectivity index (χ0n) is 14.7. The number of amides is 1. The maximum absolute atomic E-state index is 12.7. The maximum atomic E-state index is 12.7. The van der Waals surface area contributed by atoms with Gasteiger partial charge in [0.15, 0.2) is 0 Å². The maximum Gasteiger partial charge on any atom is 0.241 e. The van der Waals surface area contributed by atoms with Crippen LogP contribution in [-0.4, -0.2) is 36.5 Å². The van der Waals surface area contributed by atoms with E-state index in [1.165, 1.54) is 5.56 Å². The highest BCUT2D eigenvalue weighted by atomic mass is 35.5. The fraction of sp³-hybridized carbons (Fsp3) is 0.350. The third-order valence-electron chi connectivity index (χ3n) is 5.14. The number of hydrogen-bond acceptors (Lipinski definition) is 3. The SMILES string of the molecule is CC(C(=O)Nc1cccc(Cl)c1Cl)N1C[C@@H](CN)[C@H](c2ccccc2)C1. The molecule has 0 aliphatic carbocycles. The van der Waals surface area contributed by atoms with Gasteiger partial charge in [-0.2, -0.15) is 0 Å². The lowest BCUT2D eigenvalue weighted by molar-refractivity contribution is -0.120. The molecule has 0 bridgehead atoms. The fourth-order valence-corrected chi connectivity index (χ4v) is 3.89. The smallest absolute Gasteiger partial charge is 0.241 e. The molecule has 138 valence electrons. The number of nitrogens with zero attached hydrogens (tertiary/aromatic N) is 1. The van der Waals surface area contributed by atoms with Crippen LogP contribution in [0.25, 0.3) is 0 Å². The fourth-order valence-electron chi connectivity index (χ4n) is 3.54. The van der Waals surface area contributed by atoms with Crippen LogP contribution in [0.2, 0.25) is 10.0 Å². The Kier molecular flexibility index (Phi) is 6.20. The number of rotatable bonds is 5. The quantitative estimate of drug-likeness (QED) is 0.809. The summed E-state index contributed by atoms with van der Waals surface area (Å²) in [5.41, 5.74) is 7.81. The summed E-state index contributed by atoms with van der Waals surface area (Å²) < 4.78 is 0. The van der Waals surface area contributed by atoms with Crippen molar-refractivity contribution in [3.05, 3.63) is 64.1 Å². The summed E-state index contributed by atoms with van der Waals surface area (Å²) in [6, 6.07) is 15.3. The number of hydrogen-bond donors (Lipinski definition) is 2. The highest BCUT2D eigenvalue weighted by Gasteiger charge is 2.36. The van der Waals surface area contributed by atoms with Crippen LogP contribution in [-0.2, 0) is 4.79 Å². The molecular formula is C20H23Cl2N3O. The van der Waals surface area contributed by atoms with Gasteiger partial charge in [-0.15, -0.1) is 0 Å². The van der Waals surface area contributed by atoms with Gasteiger partial charge >= 0.3 is 0 Å². The number of carbonyl (C=O) groups excluding carboxylic acids is 1. The Morgan fingerprint density at radius 3 is 2.62 bits per heavy atom. The number of anilines is 1. The van der Waals surface area contributed by atoms with Crippen LogP contribution in [0.4, 0.5) is 5.69 Å². The largest absolute Gasteiger partial charge is 0.330 e. The normalized spacial score (nSPS) is 21.5. The Labute approximate surface area is 164 Å². The van der Waals surface area contributed by atoms with Gasteiger partial charge < -0.3 is 11.1 Å². The molecule has 6 heteroatoms. The third-order valence-corrected chi connectivity index (χ3v) is 5.96. The molecule has 1 unspecified atom stereocenters. The molecule has 2 aromatic rings. The van der Waals surface area contributed by atoms with Crippen LogP contribution in [0.1, 0.15) is 18.4 Å². The minimum atomic E-state index is -0.284. The molecule has 0 radical (unpaired) electrons. The van der Waals surface area contributed by atoms with Gasteiger partial charge in [0.1, 0.15) is 0 Å². The monoisotopic (exact) mass is 391 g/mol. The minimum Gasteiger partial charge on any atom is -0.330 e. The lowest BCUT2D eigenvalue weighted by Gasteiger charge is -2.24. The van der Waals surface area contributed by atoms with Gasteiger partial charge in [-0.1, -0.05) is 59.6 Å². The molecule has 1 aliphatic heterocycles. The van der Waals surface area contributed by atoms with E-state index in [1.54, 1.807) is 18.2 Å². The second kappa shape index (κ2) is 8.40. The van der Waals surface area contributed by atoms with E-state index in [4.69, 9.17) is 28.9 Å². The Bertz CT molecular complexity index is 769. The summed E-state index contributed by atoms with van der Waals surface area (Å²) in [6.07, 6.45) is 0. The lowest BCUT2D eigenvalue weighted by Crippen LogP contribution is -2.41. The first-order valence-electron chi connectivity index (χ1n) is 8.75. The van der Waals surface area contributed by atoms with Crippen LogP contribution in [0.15, 0.2) is 48.5 Å². The third kappa shape index (κ3) is 4.04. The summed E-state index contributed by atoms with van der Waals surface area (Å²) in [5.74, 6) is 0.576. The van der Waals surface area contributed by atoms with Crippen molar-refractivity contribution in [2.75, 3.05) is 25.0 Å². The molecule has 1 heterocycles. The van der Waals surface area contributed by atoms with Gasteiger partial charge in [-0.3, -0.25) is 9.69 Å². The standard InChI is InChI=1S/C20H23Cl2N3O/c1-13(20(26)24-18-9-5-8-17(21)19(18)22)25-11-15(10-23)16(12-25)14-6-3-2-4-7-14/h2-9,13,15-16H,10-12,23H2,1H3,(H,24,26)/t13?,15-,16+/m1/s1. The Hall–Kier alpha value is -1.59. The number of nitrogens with one attached hydrogen (secondary N) is 1. The van der Waals surface area contributed by atoms with Crippen molar-refractivity contribution in [2.45, 2.75) is 18.9 Å². The lowest BCUT2D eigenvalue weighted by atomic mass is 9.89. The summed E-state index contributed by atoms with van der Waals surface area (Å²) >= 11 is 12.2. The van der Waals surface area contributed by atoms with Crippen molar-refractivity contribution in [1.82, 2.24) is 4.90 Å². The van der Waals surface area contributed by atoms with E-state index in [-0.39, 0.29) is 11.9 Å². The van der Waals surface area contributed by atoms with Crippen LogP contribution in [0.5, 0.6) is 0 Å². The van der Waals surface area contributed by atoms with E-state index in [2.05, 4.69) is 22.3 Å². The molecule has 4 nitrogen and oxygen atoms in total. The number of carbonyl (C=O) groups is 1. The molecule has 1 aliphatic rings. The van der Waals surface area contributed by atoms with Gasteiger partial charge in [-0.05, 0) is 37.1 Å². The first-order chi connectivity index (χ1) is 12.5. The Morgan fingerprint density at radius 1 is 1.19 bits per heavy atom. The van der Waals surface area contributed by atoms with Crippen molar-refractivity contribution < 1.29 is 4.79 Å². The molecule has 3 rings (SSSR count). The zero-order valence-corrected chi connectivity index (χ0v) is 16.2. The molecule has 0 aromatic heterocycles. The summed E-state index contributed by atoms with van der Waals surface area (Å²) in [4.78, 5) is 14.9. The van der Waals surface area contributed by atoms with Crippen LogP contribution in [0, 0.1) is 5.92 Å². The molecule has 0 saturated carbocycles. The Balaban J connectivity index is 1.70. The average Bonchev–Trinajstić information content (AvgIpc) is 3.10. The van der Waals surface area contributed by atoms with Crippen molar-refractivity contribution in [1.29, 1.82) is 0 Å². The molecule has 1 fully saturated rings. The van der Waals surface area contributed by atoms with Gasteiger partial charge in [0.25, 0.3) is 0 Å². The van der Waals surface area contributed by atoms with E-state index in [1.807, 2.05) is 25.1 Å². The Morgan fingerprint density at radius 2 is 1.92 bits per heavy atom. The van der Waals surface area contributed by atoms with E-state index in [9.17, 15) is 4.79 Å². The predicted molar refractivity (Wildman–Crippen MR) is 108 cm³/mol. The van der Waals surface area contributed by atoms with Crippen molar-refractivity contribution in [3.63, 3.8) is 0 Å². The summed E-state index contributed by atoms with van der Waals surface area (Å²) in [6.45, 7) is 4.12. The molecular weight excluding hydrogens is 369 g/mol. The molecule has 3 N–H and O–H groups in total. The van der Waals surface area contributed by atoms with Gasteiger partial charge in [0, 0.05) is 19.0 Å². The van der Waals surface area contributed by atoms with Crippen LogP contribution in [0.3, 0.4) is 0 Å². The van der Waals surface area contributed by atoms with Crippen molar-refractivity contribution in [3.8, 4) is 0 Å². The molecule has 2 aromatic carbocycles. The van der Waals surface area contributed by atoms with Crippen LogP contribution >= 0.6 is 23.2 Å². The summed E-state index contributed by atoms with van der Waals surface area (Å²) in [7, 11) is 0. The van der Waals surface area contributed by atoms with Gasteiger partial charge in [0.2, 0.25) is 5.91 Å². The van der Waals surface area contributed by atoms with E-state index >= 15 is 0 Å². The van der Waals surface area contributed by atoms with E-state index < -0.39 is 0 Å². The molecule has 1 saturated heterocycles. The summed E-state index contributed by atoms with van der Waals surface area (Å²) in [5, 5.41) is 3.67. The number of halogens is 2.